The molecule has 0 fully saturated rings. The Morgan fingerprint density at radius 2 is 1.44 bits per heavy atom. The van der Waals surface area contributed by atoms with Crippen LogP contribution in [0.2, 0.25) is 5.15 Å². The quantitative estimate of drug-likeness (QED) is 0.138. The van der Waals surface area contributed by atoms with Gasteiger partial charge in [-0.25, -0.2) is 4.68 Å². The molecule has 5 rings (SSSR count). The van der Waals surface area contributed by atoms with Crippen molar-refractivity contribution in [3.8, 4) is 5.69 Å². The van der Waals surface area contributed by atoms with Gasteiger partial charge in [0.25, 0.3) is 0 Å². The van der Waals surface area contributed by atoms with Gasteiger partial charge in [0, 0.05) is 31.2 Å². The third kappa shape index (κ3) is 5.77. The highest BCUT2D eigenvalue weighted by Crippen LogP contribution is 2.42. The predicted molar refractivity (Wildman–Crippen MR) is 161 cm³/mol. The molecule has 0 unspecified atom stereocenters. The van der Waals surface area contributed by atoms with Gasteiger partial charge < -0.3 is 4.90 Å². The molecule has 0 spiro atoms. The lowest BCUT2D eigenvalue weighted by Gasteiger charge is -2.36. The largest absolute Gasteiger partial charge is 0.311 e. The molecule has 5 aromatic rings. The van der Waals surface area contributed by atoms with E-state index in [4.69, 9.17) is 11.6 Å². The van der Waals surface area contributed by atoms with E-state index in [0.717, 1.165) is 11.4 Å². The first-order chi connectivity index (χ1) is 19.1. The summed E-state index contributed by atoms with van der Waals surface area (Å²) in [4.78, 5) is 18.9. The fourth-order valence-electron chi connectivity index (χ4n) is 4.80. The van der Waals surface area contributed by atoms with Gasteiger partial charge in [0.05, 0.1) is 23.5 Å². The van der Waals surface area contributed by atoms with E-state index in [9.17, 15) is 4.79 Å². The number of pyridine rings is 1. The zero-order valence-electron chi connectivity index (χ0n) is 21.7. The highest BCUT2D eigenvalue weighted by molar-refractivity contribution is 7.99. The van der Waals surface area contributed by atoms with Gasteiger partial charge in [0.2, 0.25) is 5.91 Å². The van der Waals surface area contributed by atoms with Gasteiger partial charge in [0.1, 0.15) is 5.69 Å². The standard InChI is InChI=1S/C32H29ClN4OS/c1-36(29-23-37(35-31(29)33)28-18-11-20-34-22-28)30(38)19-21-39-24-32(25-12-5-2-6-13-25,26-14-7-3-8-15-26)27-16-9-4-10-17-27/h2-18,20,22-23H,19,21,24H2,1H3. The van der Waals surface area contributed by atoms with E-state index in [-0.39, 0.29) is 16.5 Å². The lowest BCUT2D eigenvalue weighted by Crippen LogP contribution is -2.33. The summed E-state index contributed by atoms with van der Waals surface area (Å²) in [5, 5.41) is 4.63. The summed E-state index contributed by atoms with van der Waals surface area (Å²) >= 11 is 8.19. The zero-order chi connectivity index (χ0) is 27.1. The number of aromatic nitrogens is 3. The highest BCUT2D eigenvalue weighted by Gasteiger charge is 2.36. The molecule has 2 heterocycles. The summed E-state index contributed by atoms with van der Waals surface area (Å²) in [6.07, 6.45) is 5.54. The number of anilines is 1. The van der Waals surface area contributed by atoms with Crippen molar-refractivity contribution in [2.45, 2.75) is 11.8 Å². The molecule has 0 bridgehead atoms. The second-order valence-electron chi connectivity index (χ2n) is 9.22. The van der Waals surface area contributed by atoms with Crippen molar-refractivity contribution < 1.29 is 4.79 Å². The molecule has 0 atom stereocenters. The third-order valence-corrected chi connectivity index (χ3v) is 8.28. The van der Waals surface area contributed by atoms with Gasteiger partial charge in [-0.15, -0.1) is 0 Å². The molecule has 0 saturated heterocycles. The average Bonchev–Trinajstić information content (AvgIpc) is 3.40. The normalized spacial score (nSPS) is 11.3. The number of halogens is 1. The van der Waals surface area contributed by atoms with Crippen molar-refractivity contribution in [1.82, 2.24) is 14.8 Å². The molecule has 3 aromatic carbocycles. The Morgan fingerprint density at radius 1 is 0.872 bits per heavy atom. The second-order valence-corrected chi connectivity index (χ2v) is 10.7. The van der Waals surface area contributed by atoms with Crippen LogP contribution in [0.1, 0.15) is 23.1 Å². The van der Waals surface area contributed by atoms with E-state index in [1.54, 1.807) is 47.0 Å². The van der Waals surface area contributed by atoms with E-state index >= 15 is 0 Å². The van der Waals surface area contributed by atoms with Crippen LogP contribution in [0.5, 0.6) is 0 Å². The summed E-state index contributed by atoms with van der Waals surface area (Å²) in [6, 6.07) is 35.6. The lowest BCUT2D eigenvalue weighted by atomic mass is 9.71. The number of hydrogen-bond acceptors (Lipinski definition) is 4. The molecule has 5 nitrogen and oxygen atoms in total. The smallest absolute Gasteiger partial charge is 0.227 e. The molecular weight excluding hydrogens is 524 g/mol. The van der Waals surface area contributed by atoms with Crippen LogP contribution in [0.3, 0.4) is 0 Å². The first kappa shape index (κ1) is 26.7. The minimum absolute atomic E-state index is 0.0140. The van der Waals surface area contributed by atoms with Gasteiger partial charge in [-0.3, -0.25) is 9.78 Å². The van der Waals surface area contributed by atoms with Crippen LogP contribution in [-0.4, -0.2) is 39.2 Å². The highest BCUT2D eigenvalue weighted by atomic mass is 35.5. The number of hydrogen-bond donors (Lipinski definition) is 0. The number of thioether (sulfide) groups is 1. The molecule has 2 aromatic heterocycles. The van der Waals surface area contributed by atoms with E-state index in [0.29, 0.717) is 17.9 Å². The Morgan fingerprint density at radius 3 is 1.95 bits per heavy atom. The molecule has 0 aliphatic heterocycles. The fraction of sp³-hybridized carbons (Fsp3) is 0.156. The molecule has 0 N–H and O–H groups in total. The minimum Gasteiger partial charge on any atom is -0.311 e. The summed E-state index contributed by atoms with van der Waals surface area (Å²) in [5.41, 5.74) is 4.69. The minimum atomic E-state index is -0.350. The first-order valence-corrected chi connectivity index (χ1v) is 14.3. The summed E-state index contributed by atoms with van der Waals surface area (Å²) in [5.74, 6) is 1.45. The van der Waals surface area contributed by atoms with Gasteiger partial charge in [-0.05, 0) is 28.8 Å². The molecule has 1 amide bonds. The van der Waals surface area contributed by atoms with Crippen molar-refractivity contribution in [3.05, 3.63) is 144 Å². The van der Waals surface area contributed by atoms with Gasteiger partial charge >= 0.3 is 0 Å². The number of carbonyl (C=O) groups is 1. The Labute approximate surface area is 238 Å². The number of nitrogens with zero attached hydrogens (tertiary/aromatic N) is 4. The maximum atomic E-state index is 13.2. The SMILES string of the molecule is CN(C(=O)CCSCC(c1ccccc1)(c1ccccc1)c1ccccc1)c1cn(-c2cccnc2)nc1Cl. The van der Waals surface area contributed by atoms with Crippen molar-refractivity contribution in [3.63, 3.8) is 0 Å². The molecule has 0 saturated carbocycles. The molecule has 7 heteroatoms. The zero-order valence-corrected chi connectivity index (χ0v) is 23.2. The van der Waals surface area contributed by atoms with Crippen molar-refractivity contribution in [2.24, 2.45) is 0 Å². The molecular formula is C32H29ClN4OS. The molecule has 0 radical (unpaired) electrons. The lowest BCUT2D eigenvalue weighted by molar-refractivity contribution is -0.117. The Bertz CT molecular complexity index is 1400. The van der Waals surface area contributed by atoms with Crippen molar-refractivity contribution in [1.29, 1.82) is 0 Å². The Kier molecular flexibility index (Phi) is 8.45. The van der Waals surface area contributed by atoms with Crippen LogP contribution in [0.15, 0.2) is 122 Å². The first-order valence-electron chi connectivity index (χ1n) is 12.8. The molecule has 39 heavy (non-hydrogen) atoms. The van der Waals surface area contributed by atoms with E-state index in [2.05, 4.69) is 82.9 Å². The Balaban J connectivity index is 1.33. The topological polar surface area (TPSA) is 51.0 Å². The number of benzene rings is 3. The van der Waals surface area contributed by atoms with Gasteiger partial charge in [0.15, 0.2) is 5.15 Å². The van der Waals surface area contributed by atoms with Crippen LogP contribution in [0.4, 0.5) is 5.69 Å². The van der Waals surface area contributed by atoms with E-state index < -0.39 is 0 Å². The molecule has 196 valence electrons. The number of rotatable bonds is 10. The summed E-state index contributed by atoms with van der Waals surface area (Å²) < 4.78 is 1.64. The molecule has 0 aliphatic carbocycles. The molecule has 0 aliphatic rings. The van der Waals surface area contributed by atoms with E-state index in [1.807, 2.05) is 30.3 Å². The van der Waals surface area contributed by atoms with Crippen LogP contribution >= 0.6 is 23.4 Å². The van der Waals surface area contributed by atoms with E-state index in [1.165, 1.54) is 16.7 Å². The van der Waals surface area contributed by atoms with Crippen LogP contribution in [-0.2, 0) is 10.2 Å². The van der Waals surface area contributed by atoms with Crippen molar-refractivity contribution in [2.75, 3.05) is 23.5 Å². The van der Waals surface area contributed by atoms with Crippen molar-refractivity contribution >= 4 is 35.0 Å². The monoisotopic (exact) mass is 552 g/mol. The number of carbonyl (C=O) groups excluding carboxylic acids is 1. The summed E-state index contributed by atoms with van der Waals surface area (Å²) in [7, 11) is 1.74. The fourth-order valence-corrected chi connectivity index (χ4v) is 6.32. The second kappa shape index (κ2) is 12.3. The number of amides is 1. The Hall–Kier alpha value is -3.87. The summed E-state index contributed by atoms with van der Waals surface area (Å²) in [6.45, 7) is 0. The maximum absolute atomic E-state index is 13.2. The predicted octanol–water partition coefficient (Wildman–Crippen LogP) is 7.04. The van der Waals surface area contributed by atoms with Crippen LogP contribution in [0.25, 0.3) is 5.69 Å². The maximum Gasteiger partial charge on any atom is 0.227 e. The van der Waals surface area contributed by atoms with Gasteiger partial charge in [-0.2, -0.15) is 16.9 Å². The third-order valence-electron chi connectivity index (χ3n) is 6.88. The van der Waals surface area contributed by atoms with Crippen LogP contribution in [0, 0.1) is 0 Å². The van der Waals surface area contributed by atoms with Gasteiger partial charge in [-0.1, -0.05) is 103 Å². The average molecular weight is 553 g/mol. The van der Waals surface area contributed by atoms with Crippen LogP contribution < -0.4 is 4.90 Å².